The van der Waals surface area contributed by atoms with Crippen LogP contribution < -0.4 is 0 Å². The predicted molar refractivity (Wildman–Crippen MR) is 57.3 cm³/mol. The molecule has 0 saturated carbocycles. The second-order valence-electron chi connectivity index (χ2n) is 4.53. The van der Waals surface area contributed by atoms with Crippen LogP contribution in [0.3, 0.4) is 0 Å². The maximum Gasteiger partial charge on any atom is -0.0394 e. The van der Waals surface area contributed by atoms with Crippen LogP contribution in [0, 0.1) is 17.8 Å². The third-order valence-electron chi connectivity index (χ3n) is 3.05. The highest BCUT2D eigenvalue weighted by Crippen LogP contribution is 2.24. The zero-order valence-electron chi connectivity index (χ0n) is 9.56. The van der Waals surface area contributed by atoms with Crippen molar-refractivity contribution >= 4 is 0 Å². The highest BCUT2D eigenvalue weighted by molar-refractivity contribution is 4.64. The van der Waals surface area contributed by atoms with Gasteiger partial charge in [0.15, 0.2) is 0 Å². The maximum absolute atomic E-state index is 2.42. The fraction of sp³-hybridized carbons (Fsp3) is 1.00. The molecule has 0 aromatic carbocycles. The van der Waals surface area contributed by atoms with Gasteiger partial charge in [-0.25, -0.2) is 0 Å². The fourth-order valence-electron chi connectivity index (χ4n) is 1.93. The molecule has 0 radical (unpaired) electrons. The van der Waals surface area contributed by atoms with Crippen molar-refractivity contribution in [2.75, 3.05) is 0 Å². The molecule has 0 aromatic heterocycles. The van der Waals surface area contributed by atoms with Gasteiger partial charge in [-0.1, -0.05) is 60.3 Å². The summed E-state index contributed by atoms with van der Waals surface area (Å²) in [6.45, 7) is 11.7. The smallest absolute Gasteiger partial charge is 0.0394 e. The monoisotopic (exact) mass is 170 g/mol. The Kier molecular flexibility index (Phi) is 6.51. The van der Waals surface area contributed by atoms with E-state index in [0.717, 1.165) is 17.8 Å². The van der Waals surface area contributed by atoms with Crippen LogP contribution in [-0.2, 0) is 0 Å². The Balaban J connectivity index is 3.61. The van der Waals surface area contributed by atoms with E-state index >= 15 is 0 Å². The normalized spacial score (nSPS) is 14.2. The Morgan fingerprint density at radius 1 is 0.833 bits per heavy atom. The van der Waals surface area contributed by atoms with Crippen LogP contribution in [0.25, 0.3) is 0 Å². The molecule has 0 N–H and O–H groups in total. The third kappa shape index (κ3) is 4.79. The largest absolute Gasteiger partial charge is 0.0651 e. The zero-order valence-corrected chi connectivity index (χ0v) is 9.56. The fourth-order valence-corrected chi connectivity index (χ4v) is 1.93. The summed E-state index contributed by atoms with van der Waals surface area (Å²) in [5.74, 6) is 2.77. The van der Waals surface area contributed by atoms with Gasteiger partial charge >= 0.3 is 0 Å². The molecule has 0 fully saturated rings. The third-order valence-corrected chi connectivity index (χ3v) is 3.05. The Labute approximate surface area is 78.8 Å². The van der Waals surface area contributed by atoms with E-state index in [1.807, 2.05) is 0 Å². The van der Waals surface area contributed by atoms with Crippen molar-refractivity contribution in [3.63, 3.8) is 0 Å². The Morgan fingerprint density at radius 2 is 1.33 bits per heavy atom. The van der Waals surface area contributed by atoms with E-state index in [0.29, 0.717) is 0 Å². The topological polar surface area (TPSA) is 0 Å². The van der Waals surface area contributed by atoms with Crippen LogP contribution >= 0.6 is 0 Å². The summed E-state index contributed by atoms with van der Waals surface area (Å²) >= 11 is 0. The molecule has 0 nitrogen and oxygen atoms in total. The van der Waals surface area contributed by atoms with E-state index in [1.165, 1.54) is 25.7 Å². The predicted octanol–water partition coefficient (Wildman–Crippen LogP) is 4.49. The van der Waals surface area contributed by atoms with Crippen LogP contribution in [0.1, 0.15) is 60.3 Å². The van der Waals surface area contributed by atoms with E-state index in [4.69, 9.17) is 0 Å². The van der Waals surface area contributed by atoms with Crippen molar-refractivity contribution in [1.82, 2.24) is 0 Å². The minimum Gasteiger partial charge on any atom is -0.0651 e. The molecular weight excluding hydrogens is 144 g/mol. The van der Waals surface area contributed by atoms with Gasteiger partial charge in [-0.15, -0.1) is 0 Å². The van der Waals surface area contributed by atoms with E-state index in [2.05, 4.69) is 34.6 Å². The summed E-state index contributed by atoms with van der Waals surface area (Å²) < 4.78 is 0. The highest BCUT2D eigenvalue weighted by atomic mass is 14.2. The summed E-state index contributed by atoms with van der Waals surface area (Å²) in [5.41, 5.74) is 0. The molecule has 0 aliphatic rings. The summed E-state index contributed by atoms with van der Waals surface area (Å²) in [6.07, 6.45) is 5.53. The number of hydrogen-bond donors (Lipinski definition) is 0. The molecule has 0 saturated heterocycles. The second-order valence-corrected chi connectivity index (χ2v) is 4.53. The lowest BCUT2D eigenvalue weighted by atomic mass is 9.85. The first-order valence-corrected chi connectivity index (χ1v) is 5.61. The molecule has 0 heteroatoms. The average molecular weight is 170 g/mol. The summed E-state index contributed by atoms with van der Waals surface area (Å²) in [7, 11) is 0. The molecule has 0 aliphatic heterocycles. The second kappa shape index (κ2) is 6.51. The molecule has 0 heterocycles. The molecule has 0 aliphatic carbocycles. The van der Waals surface area contributed by atoms with E-state index < -0.39 is 0 Å². The van der Waals surface area contributed by atoms with Crippen molar-refractivity contribution in [3.8, 4) is 0 Å². The van der Waals surface area contributed by atoms with Gasteiger partial charge in [0.25, 0.3) is 0 Å². The molecule has 74 valence electrons. The lowest BCUT2D eigenvalue weighted by Gasteiger charge is -2.21. The van der Waals surface area contributed by atoms with Gasteiger partial charge < -0.3 is 0 Å². The standard InChI is InChI=1S/C12H26/c1-6-12(7-2)11(5)9-8-10(3)4/h10-12H,6-9H2,1-5H3. The summed E-state index contributed by atoms with van der Waals surface area (Å²) in [4.78, 5) is 0. The molecular formula is C12H26. The average Bonchev–Trinajstić information content (AvgIpc) is 2.03. The van der Waals surface area contributed by atoms with E-state index in [-0.39, 0.29) is 0 Å². The molecule has 1 unspecified atom stereocenters. The summed E-state index contributed by atoms with van der Waals surface area (Å²) in [6, 6.07) is 0. The van der Waals surface area contributed by atoms with Crippen LogP contribution in [0.5, 0.6) is 0 Å². The van der Waals surface area contributed by atoms with Gasteiger partial charge in [-0.3, -0.25) is 0 Å². The lowest BCUT2D eigenvalue weighted by Crippen LogP contribution is -2.10. The van der Waals surface area contributed by atoms with Gasteiger partial charge in [0, 0.05) is 0 Å². The lowest BCUT2D eigenvalue weighted by molar-refractivity contribution is 0.300. The van der Waals surface area contributed by atoms with Crippen LogP contribution in [-0.4, -0.2) is 0 Å². The van der Waals surface area contributed by atoms with Crippen LogP contribution in [0.2, 0.25) is 0 Å². The van der Waals surface area contributed by atoms with Crippen LogP contribution in [0.15, 0.2) is 0 Å². The summed E-state index contributed by atoms with van der Waals surface area (Å²) in [5, 5.41) is 0. The molecule has 0 bridgehead atoms. The van der Waals surface area contributed by atoms with Gasteiger partial charge in [0.05, 0.1) is 0 Å². The SMILES string of the molecule is CCC(CC)C(C)CCC(C)C. The van der Waals surface area contributed by atoms with Crippen molar-refractivity contribution in [2.45, 2.75) is 60.3 Å². The molecule has 12 heavy (non-hydrogen) atoms. The maximum atomic E-state index is 2.42. The van der Waals surface area contributed by atoms with Gasteiger partial charge in [-0.05, 0) is 17.8 Å². The first-order valence-electron chi connectivity index (χ1n) is 5.61. The van der Waals surface area contributed by atoms with Gasteiger partial charge in [0.2, 0.25) is 0 Å². The van der Waals surface area contributed by atoms with Crippen molar-refractivity contribution in [3.05, 3.63) is 0 Å². The zero-order chi connectivity index (χ0) is 9.56. The number of hydrogen-bond acceptors (Lipinski definition) is 0. The Morgan fingerprint density at radius 3 is 1.67 bits per heavy atom. The quantitative estimate of drug-likeness (QED) is 0.551. The Hall–Kier alpha value is 0. The molecule has 1 atom stereocenters. The van der Waals surface area contributed by atoms with Gasteiger partial charge in [0.1, 0.15) is 0 Å². The minimum atomic E-state index is 0.877. The first-order chi connectivity index (χ1) is 5.61. The van der Waals surface area contributed by atoms with Gasteiger partial charge in [-0.2, -0.15) is 0 Å². The molecule has 0 amide bonds. The highest BCUT2D eigenvalue weighted by Gasteiger charge is 2.13. The van der Waals surface area contributed by atoms with Crippen LogP contribution in [0.4, 0.5) is 0 Å². The Bertz CT molecular complexity index is 90.2. The molecule has 0 spiro atoms. The van der Waals surface area contributed by atoms with E-state index in [1.54, 1.807) is 0 Å². The molecule has 0 rings (SSSR count). The van der Waals surface area contributed by atoms with Crippen molar-refractivity contribution < 1.29 is 0 Å². The number of rotatable bonds is 6. The molecule has 0 aromatic rings. The minimum absolute atomic E-state index is 0.877. The van der Waals surface area contributed by atoms with E-state index in [9.17, 15) is 0 Å². The van der Waals surface area contributed by atoms with Crippen molar-refractivity contribution in [2.24, 2.45) is 17.8 Å². The van der Waals surface area contributed by atoms with Crippen molar-refractivity contribution in [1.29, 1.82) is 0 Å². The first kappa shape index (κ1) is 12.0.